The van der Waals surface area contributed by atoms with Crippen molar-refractivity contribution in [3.63, 3.8) is 0 Å². The molecule has 7 heteroatoms. The van der Waals surface area contributed by atoms with Crippen LogP contribution < -0.4 is 4.72 Å². The zero-order valence-electron chi connectivity index (χ0n) is 15.6. The van der Waals surface area contributed by atoms with E-state index in [2.05, 4.69) is 16.9 Å². The van der Waals surface area contributed by atoms with E-state index in [1.165, 1.54) is 5.41 Å². The van der Waals surface area contributed by atoms with Crippen LogP contribution in [0, 0.1) is 17.8 Å². The summed E-state index contributed by atoms with van der Waals surface area (Å²) in [4.78, 5) is 10.6. The molecule has 2 aliphatic rings. The van der Waals surface area contributed by atoms with Crippen molar-refractivity contribution in [2.75, 3.05) is 0 Å². The second kappa shape index (κ2) is 9.25. The lowest BCUT2D eigenvalue weighted by atomic mass is 9.85. The predicted molar refractivity (Wildman–Crippen MR) is 111 cm³/mol. The molecule has 2 N–H and O–H groups in total. The van der Waals surface area contributed by atoms with Crippen LogP contribution in [0.2, 0.25) is 5.02 Å². The summed E-state index contributed by atoms with van der Waals surface area (Å²) in [6, 6.07) is 7.01. The van der Waals surface area contributed by atoms with Gasteiger partial charge in [-0.3, -0.25) is 4.79 Å². The van der Waals surface area contributed by atoms with Crippen molar-refractivity contribution in [3.8, 4) is 0 Å². The van der Waals surface area contributed by atoms with E-state index in [9.17, 15) is 13.2 Å². The highest BCUT2D eigenvalue weighted by molar-refractivity contribution is 7.92. The van der Waals surface area contributed by atoms with Crippen LogP contribution in [0.4, 0.5) is 0 Å². The quantitative estimate of drug-likeness (QED) is 0.453. The van der Waals surface area contributed by atoms with Gasteiger partial charge in [0.25, 0.3) is 0 Å². The summed E-state index contributed by atoms with van der Waals surface area (Å²) in [5.41, 5.74) is 0.744. The highest BCUT2D eigenvalue weighted by atomic mass is 35.5. The van der Waals surface area contributed by atoms with Crippen LogP contribution in [-0.2, 0) is 14.8 Å². The van der Waals surface area contributed by atoms with Gasteiger partial charge in [0, 0.05) is 22.9 Å². The van der Waals surface area contributed by atoms with Crippen molar-refractivity contribution in [3.05, 3.63) is 52.4 Å². The van der Waals surface area contributed by atoms with Crippen LogP contribution in [0.5, 0.6) is 0 Å². The van der Waals surface area contributed by atoms with Crippen LogP contribution in [0.1, 0.15) is 44.1 Å². The van der Waals surface area contributed by atoms with E-state index >= 15 is 0 Å². The molecule has 1 aromatic rings. The fraction of sp³-hybridized carbons (Fsp3) is 0.476. The van der Waals surface area contributed by atoms with Gasteiger partial charge in [-0.2, -0.15) is 0 Å². The molecule has 152 valence electrons. The minimum Gasteiger partial charge on any atom is -0.481 e. The molecule has 2 fully saturated rings. The largest absolute Gasteiger partial charge is 0.481 e. The second-order valence-corrected chi connectivity index (χ2v) is 9.78. The normalized spacial score (nSPS) is 27.2. The van der Waals surface area contributed by atoms with E-state index < -0.39 is 16.0 Å². The maximum Gasteiger partial charge on any atom is 0.303 e. The number of carboxylic acids is 1. The first-order chi connectivity index (χ1) is 13.3. The maximum absolute atomic E-state index is 12.5. The molecule has 2 bridgehead atoms. The number of carbonyl (C=O) groups is 1. The summed E-state index contributed by atoms with van der Waals surface area (Å²) in [7, 11) is -3.52. The first-order valence-electron chi connectivity index (χ1n) is 9.67. The molecule has 0 aromatic heterocycles. The summed E-state index contributed by atoms with van der Waals surface area (Å²) in [6.45, 7) is 0. The molecule has 3 rings (SSSR count). The van der Waals surface area contributed by atoms with E-state index in [1.54, 1.807) is 30.3 Å². The average Bonchev–Trinajstić information content (AvgIpc) is 3.19. The zero-order valence-corrected chi connectivity index (χ0v) is 17.2. The van der Waals surface area contributed by atoms with Crippen molar-refractivity contribution in [2.24, 2.45) is 17.8 Å². The Bertz CT molecular complexity index is 865. The molecule has 0 spiro atoms. The van der Waals surface area contributed by atoms with E-state index in [4.69, 9.17) is 16.7 Å². The molecule has 2 saturated carbocycles. The third kappa shape index (κ3) is 5.93. The minimum absolute atomic E-state index is 0.0403. The van der Waals surface area contributed by atoms with Crippen molar-refractivity contribution in [1.29, 1.82) is 0 Å². The lowest BCUT2D eigenvalue weighted by Crippen LogP contribution is -2.40. The van der Waals surface area contributed by atoms with Gasteiger partial charge in [0.1, 0.15) is 0 Å². The number of carboxylic acid groups (broad SMARTS) is 1. The molecular weight excluding hydrogens is 398 g/mol. The highest BCUT2D eigenvalue weighted by Crippen LogP contribution is 2.49. The fourth-order valence-corrected chi connectivity index (χ4v) is 5.74. The molecule has 4 atom stereocenters. The van der Waals surface area contributed by atoms with Crippen LogP contribution in [-0.4, -0.2) is 25.5 Å². The Labute approximate surface area is 171 Å². The number of sulfonamides is 1. The Morgan fingerprint density at radius 3 is 2.82 bits per heavy atom. The number of rotatable bonds is 9. The van der Waals surface area contributed by atoms with Gasteiger partial charge in [0.05, 0.1) is 0 Å². The predicted octanol–water partition coefficient (Wildman–Crippen LogP) is 4.46. The van der Waals surface area contributed by atoms with E-state index in [0.29, 0.717) is 29.2 Å². The van der Waals surface area contributed by atoms with Crippen LogP contribution in [0.25, 0.3) is 6.08 Å². The summed E-state index contributed by atoms with van der Waals surface area (Å²) >= 11 is 5.93. The molecule has 0 radical (unpaired) electrons. The number of fused-ring (bicyclic) bond motifs is 2. The number of hydrogen-bond donors (Lipinski definition) is 2. The van der Waals surface area contributed by atoms with Gasteiger partial charge in [0.15, 0.2) is 0 Å². The molecule has 0 amide bonds. The zero-order chi connectivity index (χ0) is 20.1. The van der Waals surface area contributed by atoms with Crippen LogP contribution >= 0.6 is 11.6 Å². The van der Waals surface area contributed by atoms with Crippen LogP contribution in [0.15, 0.2) is 41.8 Å². The Kier molecular flexibility index (Phi) is 6.96. The summed E-state index contributed by atoms with van der Waals surface area (Å²) in [6.07, 6.45) is 10.4. The molecule has 28 heavy (non-hydrogen) atoms. The number of halogens is 1. The summed E-state index contributed by atoms with van der Waals surface area (Å²) in [5.74, 6) is 0.472. The number of benzene rings is 1. The maximum atomic E-state index is 12.5. The van der Waals surface area contributed by atoms with Gasteiger partial charge in [0.2, 0.25) is 10.0 Å². The number of nitrogens with one attached hydrogen (secondary N) is 1. The number of aliphatic carboxylic acids is 1. The van der Waals surface area contributed by atoms with Gasteiger partial charge in [-0.05, 0) is 73.6 Å². The Hall–Kier alpha value is -1.63. The highest BCUT2D eigenvalue weighted by Gasteiger charge is 2.46. The van der Waals surface area contributed by atoms with Crippen LogP contribution in [0.3, 0.4) is 0 Å². The first kappa shape index (κ1) is 21.1. The average molecular weight is 424 g/mol. The Balaban J connectivity index is 1.55. The number of hydrogen-bond acceptors (Lipinski definition) is 3. The summed E-state index contributed by atoms with van der Waals surface area (Å²) in [5, 5.41) is 10.5. The monoisotopic (exact) mass is 423 g/mol. The molecule has 0 aliphatic heterocycles. The van der Waals surface area contributed by atoms with Crippen molar-refractivity contribution in [2.45, 2.75) is 44.6 Å². The molecule has 4 unspecified atom stereocenters. The second-order valence-electron chi connectivity index (χ2n) is 7.74. The third-order valence-electron chi connectivity index (χ3n) is 5.61. The van der Waals surface area contributed by atoms with Gasteiger partial charge < -0.3 is 5.11 Å². The molecule has 0 heterocycles. The van der Waals surface area contributed by atoms with Gasteiger partial charge in [-0.25, -0.2) is 13.1 Å². The summed E-state index contributed by atoms with van der Waals surface area (Å²) < 4.78 is 27.8. The van der Waals surface area contributed by atoms with E-state index in [1.807, 2.05) is 0 Å². The third-order valence-corrected chi connectivity index (χ3v) is 6.97. The molecule has 5 nitrogen and oxygen atoms in total. The van der Waals surface area contributed by atoms with E-state index in [0.717, 1.165) is 31.2 Å². The standard InChI is InChI=1S/C21H26ClNO4S/c22-18-7-4-5-15(12-18)9-10-28(26,27)23-20-14-16-11-17(19(20)13-16)6-2-1-3-8-21(24)25/h2,4-7,9-10,12,16-17,19-20,23H,1,3,8,11,13-14H2,(H,24,25)/b6-2+,10-9+. The van der Waals surface area contributed by atoms with Crippen molar-refractivity contribution < 1.29 is 18.3 Å². The lowest BCUT2D eigenvalue weighted by Gasteiger charge is -2.27. The molecule has 2 aliphatic carbocycles. The lowest BCUT2D eigenvalue weighted by molar-refractivity contribution is -0.137. The number of unbranched alkanes of at least 4 members (excludes halogenated alkanes) is 1. The van der Waals surface area contributed by atoms with Crippen molar-refractivity contribution in [1.82, 2.24) is 4.72 Å². The van der Waals surface area contributed by atoms with Gasteiger partial charge in [-0.15, -0.1) is 0 Å². The smallest absolute Gasteiger partial charge is 0.303 e. The topological polar surface area (TPSA) is 83.5 Å². The van der Waals surface area contributed by atoms with E-state index in [-0.39, 0.29) is 12.5 Å². The van der Waals surface area contributed by atoms with Gasteiger partial charge >= 0.3 is 5.97 Å². The minimum atomic E-state index is -3.52. The molecule has 1 aromatic carbocycles. The first-order valence-corrected chi connectivity index (χ1v) is 11.6. The molecule has 0 saturated heterocycles. The number of allylic oxidation sites excluding steroid dienone is 2. The SMILES string of the molecule is O=C(O)CCC/C=C/C1CC2CC(NS(=O)(=O)/C=C/c3cccc(Cl)c3)C1C2. The fourth-order valence-electron chi connectivity index (χ4n) is 4.43. The Morgan fingerprint density at radius 2 is 2.11 bits per heavy atom. The van der Waals surface area contributed by atoms with Gasteiger partial charge in [-0.1, -0.05) is 35.9 Å². The molecular formula is C21H26ClNO4S. The van der Waals surface area contributed by atoms with Crippen molar-refractivity contribution >= 4 is 33.7 Å². The Morgan fingerprint density at radius 1 is 1.29 bits per heavy atom.